The molecule has 6 heteroatoms. The number of nitrogens with zero attached hydrogens (tertiary/aromatic N) is 3. The largest absolute Gasteiger partial charge is 0.492 e. The molecule has 0 aliphatic carbocycles. The first-order valence-electron chi connectivity index (χ1n) is 8.13. The fraction of sp³-hybridized carbons (Fsp3) is 0.263. The van der Waals surface area contributed by atoms with Crippen LogP contribution < -0.4 is 4.74 Å². The number of ether oxygens (including phenoxy) is 1. The van der Waals surface area contributed by atoms with Gasteiger partial charge in [0.25, 0.3) is 0 Å². The Bertz CT molecular complexity index is 851. The van der Waals surface area contributed by atoms with Gasteiger partial charge in [0.2, 0.25) is 0 Å². The highest BCUT2D eigenvalue weighted by Gasteiger charge is 2.45. The Labute approximate surface area is 145 Å². The van der Waals surface area contributed by atoms with Crippen LogP contribution in [0.5, 0.6) is 5.75 Å². The number of rotatable bonds is 1. The summed E-state index contributed by atoms with van der Waals surface area (Å²) in [7, 11) is 3.38. The number of fused-ring (bicyclic) bond motifs is 3. The average Bonchev–Trinajstić information content (AvgIpc) is 3.01. The summed E-state index contributed by atoms with van der Waals surface area (Å²) in [5.41, 5.74) is 2.29. The lowest BCUT2D eigenvalue weighted by atomic mass is 9.86. The van der Waals surface area contributed by atoms with E-state index in [9.17, 15) is 9.18 Å². The van der Waals surface area contributed by atoms with Crippen LogP contribution in [0, 0.1) is 11.7 Å². The van der Waals surface area contributed by atoms with Crippen LogP contribution in [0.1, 0.15) is 17.2 Å². The van der Waals surface area contributed by atoms with Crippen molar-refractivity contribution < 1.29 is 13.9 Å². The first kappa shape index (κ1) is 15.6. The average molecular weight is 339 g/mol. The van der Waals surface area contributed by atoms with Gasteiger partial charge in [0, 0.05) is 19.7 Å². The molecule has 2 amide bonds. The van der Waals surface area contributed by atoms with E-state index in [2.05, 4.69) is 5.10 Å². The summed E-state index contributed by atoms with van der Waals surface area (Å²) >= 11 is 0. The number of urea groups is 1. The molecule has 0 spiro atoms. The van der Waals surface area contributed by atoms with Crippen LogP contribution in [0.3, 0.4) is 0 Å². The molecule has 4 rings (SSSR count). The van der Waals surface area contributed by atoms with Gasteiger partial charge in [-0.25, -0.2) is 14.2 Å². The van der Waals surface area contributed by atoms with Gasteiger partial charge in [0.1, 0.15) is 11.6 Å². The predicted octanol–water partition coefficient (Wildman–Crippen LogP) is 3.28. The molecule has 25 heavy (non-hydrogen) atoms. The van der Waals surface area contributed by atoms with Gasteiger partial charge in [-0.1, -0.05) is 30.3 Å². The first-order valence-corrected chi connectivity index (χ1v) is 8.13. The predicted molar refractivity (Wildman–Crippen MR) is 92.0 cm³/mol. The van der Waals surface area contributed by atoms with Crippen molar-refractivity contribution in [2.24, 2.45) is 11.0 Å². The molecule has 0 saturated carbocycles. The van der Waals surface area contributed by atoms with Crippen LogP contribution >= 0.6 is 0 Å². The van der Waals surface area contributed by atoms with E-state index in [-0.39, 0.29) is 23.8 Å². The molecule has 0 fully saturated rings. The van der Waals surface area contributed by atoms with Gasteiger partial charge >= 0.3 is 6.03 Å². The number of carbonyl (C=O) groups excluding carboxylic acids is 1. The van der Waals surface area contributed by atoms with E-state index in [0.717, 1.165) is 5.56 Å². The Kier molecular flexibility index (Phi) is 3.67. The van der Waals surface area contributed by atoms with Crippen molar-refractivity contribution in [3.05, 3.63) is 65.5 Å². The highest BCUT2D eigenvalue weighted by atomic mass is 19.1. The second-order valence-electron chi connectivity index (χ2n) is 6.42. The number of benzene rings is 2. The van der Waals surface area contributed by atoms with Gasteiger partial charge in [-0.05, 0) is 23.8 Å². The van der Waals surface area contributed by atoms with Crippen molar-refractivity contribution in [1.29, 1.82) is 0 Å². The van der Waals surface area contributed by atoms with Crippen LogP contribution in [0.4, 0.5) is 9.18 Å². The van der Waals surface area contributed by atoms with Gasteiger partial charge < -0.3 is 9.64 Å². The number of hydrogen-bond donors (Lipinski definition) is 0. The molecule has 2 heterocycles. The lowest BCUT2D eigenvalue weighted by Gasteiger charge is -2.30. The first-order chi connectivity index (χ1) is 12.1. The zero-order valence-electron chi connectivity index (χ0n) is 14.0. The van der Waals surface area contributed by atoms with Gasteiger partial charge in [0.15, 0.2) is 0 Å². The summed E-state index contributed by atoms with van der Waals surface area (Å²) in [6.07, 6.45) is 0. The molecule has 0 radical (unpaired) electrons. The summed E-state index contributed by atoms with van der Waals surface area (Å²) in [4.78, 5) is 14.2. The molecule has 2 aliphatic heterocycles. The van der Waals surface area contributed by atoms with E-state index >= 15 is 0 Å². The molecule has 128 valence electrons. The van der Waals surface area contributed by atoms with Gasteiger partial charge in [0.05, 0.1) is 24.3 Å². The minimum atomic E-state index is -0.348. The maximum absolute atomic E-state index is 13.8. The summed E-state index contributed by atoms with van der Waals surface area (Å²) in [5, 5.41) is 6.07. The molecule has 5 nitrogen and oxygen atoms in total. The van der Waals surface area contributed by atoms with Crippen LogP contribution in [0.25, 0.3) is 0 Å². The molecule has 2 aromatic carbocycles. The molecule has 0 unspecified atom stereocenters. The van der Waals surface area contributed by atoms with Crippen molar-refractivity contribution in [2.45, 2.75) is 6.04 Å². The SMILES string of the molecule is CN(C)C(=O)N1N=C2c3cc(F)ccc3OC[C@@H]2[C@@H]1c1ccccc1. The summed E-state index contributed by atoms with van der Waals surface area (Å²) in [6, 6.07) is 13.7. The fourth-order valence-corrected chi connectivity index (χ4v) is 3.39. The Balaban J connectivity index is 1.83. The highest BCUT2D eigenvalue weighted by molar-refractivity contribution is 6.07. The third kappa shape index (κ3) is 2.54. The van der Waals surface area contributed by atoms with E-state index in [1.54, 1.807) is 20.2 Å². The topological polar surface area (TPSA) is 45.1 Å². The molecule has 2 aromatic rings. The van der Waals surface area contributed by atoms with Crippen molar-refractivity contribution >= 4 is 11.7 Å². The zero-order chi connectivity index (χ0) is 17.6. The van der Waals surface area contributed by atoms with E-state index in [0.29, 0.717) is 23.6 Å². The lowest BCUT2D eigenvalue weighted by molar-refractivity contribution is 0.140. The molecule has 2 aliphatic rings. The zero-order valence-corrected chi connectivity index (χ0v) is 14.0. The Morgan fingerprint density at radius 1 is 1.24 bits per heavy atom. The van der Waals surface area contributed by atoms with E-state index in [4.69, 9.17) is 4.74 Å². The minimum absolute atomic E-state index is 0.138. The quantitative estimate of drug-likeness (QED) is 0.800. The monoisotopic (exact) mass is 339 g/mol. The molecule has 0 N–H and O–H groups in total. The number of carbonyl (C=O) groups is 1. The number of hydrogen-bond acceptors (Lipinski definition) is 3. The summed E-state index contributed by atoms with van der Waals surface area (Å²) < 4.78 is 19.6. The van der Waals surface area contributed by atoms with Crippen LogP contribution in [-0.4, -0.2) is 42.4 Å². The maximum Gasteiger partial charge on any atom is 0.340 e. The van der Waals surface area contributed by atoms with Crippen molar-refractivity contribution in [3.63, 3.8) is 0 Å². The lowest BCUT2D eigenvalue weighted by Crippen LogP contribution is -2.39. The second-order valence-corrected chi connectivity index (χ2v) is 6.42. The number of hydrazone groups is 1. The smallest absolute Gasteiger partial charge is 0.340 e. The number of halogens is 1. The van der Waals surface area contributed by atoms with Crippen molar-refractivity contribution in [2.75, 3.05) is 20.7 Å². The van der Waals surface area contributed by atoms with E-state index in [1.807, 2.05) is 30.3 Å². The molecule has 2 atom stereocenters. The third-order valence-electron chi connectivity index (χ3n) is 4.57. The Morgan fingerprint density at radius 2 is 2.00 bits per heavy atom. The molecule has 0 saturated heterocycles. The van der Waals surface area contributed by atoms with Gasteiger partial charge in [-0.3, -0.25) is 0 Å². The van der Waals surface area contributed by atoms with Gasteiger partial charge in [-0.2, -0.15) is 5.10 Å². The van der Waals surface area contributed by atoms with Crippen molar-refractivity contribution in [3.8, 4) is 5.75 Å². The summed E-state index contributed by atoms with van der Waals surface area (Å²) in [5.74, 6) is 0.113. The van der Waals surface area contributed by atoms with Crippen LogP contribution in [0.15, 0.2) is 53.6 Å². The highest BCUT2D eigenvalue weighted by Crippen LogP contribution is 2.42. The molecular formula is C19H18FN3O2. The standard InChI is InChI=1S/C19H18FN3O2/c1-22(2)19(24)23-18(12-6-4-3-5-7-12)15-11-25-16-9-8-13(20)10-14(16)17(15)21-23/h3-10,15,18H,11H2,1-2H3/t15-,18-/m0/s1. The third-order valence-corrected chi connectivity index (χ3v) is 4.57. The van der Waals surface area contributed by atoms with E-state index < -0.39 is 0 Å². The molecule has 0 bridgehead atoms. The Hall–Kier alpha value is -2.89. The fourth-order valence-electron chi connectivity index (χ4n) is 3.39. The van der Waals surface area contributed by atoms with Gasteiger partial charge in [-0.15, -0.1) is 0 Å². The van der Waals surface area contributed by atoms with Crippen LogP contribution in [0.2, 0.25) is 0 Å². The summed E-state index contributed by atoms with van der Waals surface area (Å²) in [6.45, 7) is 0.397. The van der Waals surface area contributed by atoms with E-state index in [1.165, 1.54) is 22.0 Å². The molecule has 0 aromatic heterocycles. The Morgan fingerprint density at radius 3 is 2.72 bits per heavy atom. The maximum atomic E-state index is 13.8. The van der Waals surface area contributed by atoms with Crippen LogP contribution in [-0.2, 0) is 0 Å². The minimum Gasteiger partial charge on any atom is -0.492 e. The molecular weight excluding hydrogens is 321 g/mol. The normalized spacial score (nSPS) is 21.1. The number of amides is 2. The second kappa shape index (κ2) is 5.88. The van der Waals surface area contributed by atoms with Crippen molar-refractivity contribution in [1.82, 2.24) is 9.91 Å².